The van der Waals surface area contributed by atoms with E-state index in [2.05, 4.69) is 10.3 Å². The van der Waals surface area contributed by atoms with Crippen LogP contribution in [0.25, 0.3) is 0 Å². The molecular formula is C19H18N4O3. The molecule has 1 aliphatic rings. The molecule has 0 fully saturated rings. The van der Waals surface area contributed by atoms with Crippen molar-refractivity contribution in [2.24, 2.45) is 4.99 Å². The first-order valence-electron chi connectivity index (χ1n) is 7.84. The molecule has 132 valence electrons. The fourth-order valence-electron chi connectivity index (χ4n) is 2.49. The number of nitrogens with two attached hydrogens (primary N) is 2. The monoisotopic (exact) mass is 350 g/mol. The van der Waals surface area contributed by atoms with Gasteiger partial charge < -0.3 is 27.0 Å². The number of carbonyl (C=O) groups is 1. The number of benzene rings is 2. The first-order valence-corrected chi connectivity index (χ1v) is 7.84. The number of hydrogen-bond donors (Lipinski definition) is 5. The summed E-state index contributed by atoms with van der Waals surface area (Å²) in [6, 6.07) is 13.5. The number of hydrogen-bond acceptors (Lipinski definition) is 7. The lowest BCUT2D eigenvalue weighted by molar-refractivity contribution is -0.111. The van der Waals surface area contributed by atoms with Crippen LogP contribution < -0.4 is 16.8 Å². The van der Waals surface area contributed by atoms with Crippen LogP contribution in [0.5, 0.6) is 0 Å². The Hall–Kier alpha value is -3.58. The maximum Gasteiger partial charge on any atom is 0.206 e. The number of nitrogen functional groups attached to an aromatic ring is 2. The fraction of sp³-hybridized carbons (Fsp3) is 0.0526. The second-order valence-electron chi connectivity index (χ2n) is 5.70. The lowest BCUT2D eigenvalue weighted by Crippen LogP contribution is -2.25. The number of rotatable bonds is 4. The molecule has 0 bridgehead atoms. The molecule has 2 aromatic carbocycles. The summed E-state index contributed by atoms with van der Waals surface area (Å²) >= 11 is 0. The van der Waals surface area contributed by atoms with Crippen LogP contribution in [-0.4, -0.2) is 28.3 Å². The zero-order valence-corrected chi connectivity index (χ0v) is 13.8. The van der Waals surface area contributed by atoms with E-state index < -0.39 is 12.4 Å². The minimum absolute atomic E-state index is 0.120. The SMILES string of the molecule is Nc1ccc(/N=C2/C(O)=CC(=O)C(Nc3ccc(N)cc3)=C2CO)cc1. The van der Waals surface area contributed by atoms with Crippen LogP contribution in [0.3, 0.4) is 0 Å². The summed E-state index contributed by atoms with van der Waals surface area (Å²) < 4.78 is 0. The van der Waals surface area contributed by atoms with Crippen LogP contribution in [0.2, 0.25) is 0 Å². The molecule has 7 N–H and O–H groups in total. The van der Waals surface area contributed by atoms with Gasteiger partial charge in [0.05, 0.1) is 18.0 Å². The first-order chi connectivity index (χ1) is 12.5. The van der Waals surface area contributed by atoms with E-state index in [0.29, 0.717) is 22.7 Å². The number of allylic oxidation sites excluding steroid dienone is 2. The van der Waals surface area contributed by atoms with Crippen LogP contribution in [0.4, 0.5) is 22.7 Å². The number of aliphatic imine (C=N–C) groups is 1. The maximum atomic E-state index is 12.3. The van der Waals surface area contributed by atoms with Crippen molar-refractivity contribution in [3.63, 3.8) is 0 Å². The zero-order chi connectivity index (χ0) is 18.7. The van der Waals surface area contributed by atoms with Crippen LogP contribution in [0.1, 0.15) is 0 Å². The van der Waals surface area contributed by atoms with Crippen molar-refractivity contribution in [3.05, 3.63) is 71.6 Å². The fourth-order valence-corrected chi connectivity index (χ4v) is 2.49. The Labute approximate surface area is 150 Å². The average molecular weight is 350 g/mol. The summed E-state index contributed by atoms with van der Waals surface area (Å²) in [4.78, 5) is 16.7. The molecule has 0 heterocycles. The van der Waals surface area contributed by atoms with Gasteiger partial charge >= 0.3 is 0 Å². The Bertz CT molecular complexity index is 926. The van der Waals surface area contributed by atoms with Gasteiger partial charge in [-0.2, -0.15) is 0 Å². The molecule has 0 aliphatic heterocycles. The van der Waals surface area contributed by atoms with Gasteiger partial charge in [0.15, 0.2) is 0 Å². The summed E-state index contributed by atoms with van der Waals surface area (Å²) in [7, 11) is 0. The van der Waals surface area contributed by atoms with Crippen molar-refractivity contribution < 1.29 is 15.0 Å². The highest BCUT2D eigenvalue weighted by atomic mass is 16.3. The number of nitrogens with zero attached hydrogens (tertiary/aromatic N) is 1. The van der Waals surface area contributed by atoms with Gasteiger partial charge in [-0.1, -0.05) is 0 Å². The number of aliphatic hydroxyl groups excluding tert-OH is 2. The average Bonchev–Trinajstić information content (AvgIpc) is 2.62. The summed E-state index contributed by atoms with van der Waals surface area (Å²) in [5.74, 6) is -0.765. The Morgan fingerprint density at radius 2 is 1.54 bits per heavy atom. The zero-order valence-electron chi connectivity index (χ0n) is 13.8. The van der Waals surface area contributed by atoms with Gasteiger partial charge in [-0.25, -0.2) is 4.99 Å². The molecule has 0 amide bonds. The Balaban J connectivity index is 2.03. The van der Waals surface area contributed by atoms with Gasteiger partial charge in [0.1, 0.15) is 11.5 Å². The molecule has 1 aliphatic carbocycles. The summed E-state index contributed by atoms with van der Waals surface area (Å²) in [5, 5.41) is 22.9. The summed E-state index contributed by atoms with van der Waals surface area (Å²) in [5.41, 5.74) is 14.1. The summed E-state index contributed by atoms with van der Waals surface area (Å²) in [6.45, 7) is -0.477. The summed E-state index contributed by atoms with van der Waals surface area (Å²) in [6.07, 6.45) is 1.06. The van der Waals surface area contributed by atoms with Gasteiger partial charge in [-0.3, -0.25) is 4.79 Å². The van der Waals surface area contributed by atoms with Crippen molar-refractivity contribution >= 4 is 34.2 Å². The predicted octanol–water partition coefficient (Wildman–Crippen LogP) is 2.31. The molecule has 3 rings (SSSR count). The van der Waals surface area contributed by atoms with Gasteiger partial charge in [0, 0.05) is 28.7 Å². The molecule has 0 spiro atoms. The molecule has 0 radical (unpaired) electrons. The van der Waals surface area contributed by atoms with E-state index in [1.54, 1.807) is 48.5 Å². The lowest BCUT2D eigenvalue weighted by atomic mass is 9.97. The molecule has 2 aromatic rings. The lowest BCUT2D eigenvalue weighted by Gasteiger charge is -2.19. The van der Waals surface area contributed by atoms with E-state index >= 15 is 0 Å². The molecule has 26 heavy (non-hydrogen) atoms. The molecule has 0 saturated heterocycles. The number of ketones is 1. The van der Waals surface area contributed by atoms with Crippen molar-refractivity contribution in [2.75, 3.05) is 23.4 Å². The highest BCUT2D eigenvalue weighted by Crippen LogP contribution is 2.25. The Morgan fingerprint density at radius 3 is 2.12 bits per heavy atom. The van der Waals surface area contributed by atoms with Crippen LogP contribution >= 0.6 is 0 Å². The highest BCUT2D eigenvalue weighted by Gasteiger charge is 2.26. The number of nitrogens with one attached hydrogen (secondary N) is 1. The minimum Gasteiger partial charge on any atom is -0.506 e. The van der Waals surface area contributed by atoms with Crippen molar-refractivity contribution in [2.45, 2.75) is 0 Å². The van der Waals surface area contributed by atoms with E-state index in [1.165, 1.54) is 0 Å². The van der Waals surface area contributed by atoms with E-state index in [1.807, 2.05) is 0 Å². The third-order valence-corrected chi connectivity index (χ3v) is 3.82. The number of anilines is 3. The third-order valence-electron chi connectivity index (χ3n) is 3.82. The van der Waals surface area contributed by atoms with Gasteiger partial charge in [-0.05, 0) is 48.5 Å². The third kappa shape index (κ3) is 3.57. The second-order valence-corrected chi connectivity index (χ2v) is 5.70. The smallest absolute Gasteiger partial charge is 0.206 e. The van der Waals surface area contributed by atoms with Gasteiger partial charge in [-0.15, -0.1) is 0 Å². The van der Waals surface area contributed by atoms with Crippen molar-refractivity contribution in [3.8, 4) is 0 Å². The Morgan fingerprint density at radius 1 is 0.962 bits per heavy atom. The number of aliphatic hydroxyl groups is 2. The van der Waals surface area contributed by atoms with Gasteiger partial charge in [0.2, 0.25) is 5.78 Å². The van der Waals surface area contributed by atoms with E-state index in [0.717, 1.165) is 6.08 Å². The van der Waals surface area contributed by atoms with Crippen molar-refractivity contribution in [1.82, 2.24) is 0 Å². The molecule has 7 nitrogen and oxygen atoms in total. The highest BCUT2D eigenvalue weighted by molar-refractivity contribution is 6.25. The van der Waals surface area contributed by atoms with Gasteiger partial charge in [0.25, 0.3) is 0 Å². The van der Waals surface area contributed by atoms with E-state index in [4.69, 9.17) is 11.5 Å². The standard InChI is InChI=1S/C19H18N4O3/c20-11-1-5-13(6-2-11)22-18-15(10-24)19(17(26)9-16(18)25)23-14-7-3-12(21)4-8-14/h1-9,22,24,26H,10,20-21H2/b23-19+. The van der Waals surface area contributed by atoms with Crippen LogP contribution in [0, 0.1) is 0 Å². The minimum atomic E-state index is -0.477. The van der Waals surface area contributed by atoms with Crippen LogP contribution in [-0.2, 0) is 4.79 Å². The topological polar surface area (TPSA) is 134 Å². The maximum absolute atomic E-state index is 12.3. The van der Waals surface area contributed by atoms with E-state index in [-0.39, 0.29) is 22.7 Å². The quantitative estimate of drug-likeness (QED) is 0.424. The van der Waals surface area contributed by atoms with Crippen molar-refractivity contribution in [1.29, 1.82) is 0 Å². The Kier molecular flexibility index (Phi) is 4.72. The second kappa shape index (κ2) is 7.12. The molecule has 0 aromatic heterocycles. The van der Waals surface area contributed by atoms with E-state index in [9.17, 15) is 15.0 Å². The molecule has 0 atom stereocenters. The largest absolute Gasteiger partial charge is 0.506 e. The molecular weight excluding hydrogens is 332 g/mol. The van der Waals surface area contributed by atoms with Crippen LogP contribution in [0.15, 0.2) is 76.6 Å². The predicted molar refractivity (Wildman–Crippen MR) is 102 cm³/mol. The molecule has 0 unspecified atom stereocenters. The number of carbonyl (C=O) groups excluding carboxylic acids is 1. The normalized spacial score (nSPS) is 16.0. The first kappa shape index (κ1) is 17.2. The molecule has 0 saturated carbocycles. The molecule has 7 heteroatoms.